The molecule has 0 radical (unpaired) electrons. The molecule has 4 aliphatic rings. The van der Waals surface area contributed by atoms with Gasteiger partial charge in [0.25, 0.3) is 16.6 Å². The summed E-state index contributed by atoms with van der Waals surface area (Å²) in [6, 6.07) is 67.0. The van der Waals surface area contributed by atoms with E-state index < -0.39 is 16.6 Å². The summed E-state index contributed by atoms with van der Waals surface area (Å²) in [5.41, 5.74) is -0.0969. The topological polar surface area (TPSA) is 18.5 Å². The number of allylic oxidation sites excluding steroid dienone is 8. The number of rotatable bonds is 16. The fraction of sp³-hybridized carbons (Fsp3) is 0.254. The molecule has 334 valence electrons. The summed E-state index contributed by atoms with van der Waals surface area (Å²) in [5, 5.41) is 7.78. The van der Waals surface area contributed by atoms with Gasteiger partial charge < -0.3 is 33.7 Å². The first-order valence-corrected chi connectivity index (χ1v) is 27.4. The van der Waals surface area contributed by atoms with Crippen molar-refractivity contribution in [3.8, 4) is 0 Å². The first-order chi connectivity index (χ1) is 31.2. The van der Waals surface area contributed by atoms with Crippen LogP contribution in [-0.2, 0) is 35.1 Å². The normalized spacial score (nSPS) is 22.5. The van der Waals surface area contributed by atoms with Gasteiger partial charge >= 0.3 is 26.2 Å². The van der Waals surface area contributed by atoms with Crippen LogP contribution in [0.4, 0.5) is 0 Å². The molecule has 0 N–H and O–H groups in total. The molecule has 2 nitrogen and oxygen atoms in total. The van der Waals surface area contributed by atoms with E-state index in [0.717, 1.165) is 12.8 Å². The number of benzene rings is 6. The van der Waals surface area contributed by atoms with Crippen LogP contribution in [0.2, 0.25) is 0 Å². The van der Waals surface area contributed by atoms with Gasteiger partial charge in [-0.1, -0.05) is 231 Å². The molecule has 0 saturated heterocycles. The summed E-state index contributed by atoms with van der Waals surface area (Å²) in [6.45, 7) is 1.39. The largest absolute Gasteiger partial charge is 2.00 e. The smallest absolute Gasteiger partial charge is 1.00 e. The Hall–Kier alpha value is -3.90. The van der Waals surface area contributed by atoms with Gasteiger partial charge in [0.15, 0.2) is 0 Å². The maximum Gasteiger partial charge on any atom is 2.00 e. The van der Waals surface area contributed by atoms with Crippen LogP contribution in [0.5, 0.6) is 0 Å². The molecule has 7 heteroatoms. The van der Waals surface area contributed by atoms with E-state index in [2.05, 4.69) is 231 Å². The van der Waals surface area contributed by atoms with Crippen molar-refractivity contribution in [2.45, 2.75) is 38.5 Å². The third-order valence-electron chi connectivity index (χ3n) is 15.4. The fourth-order valence-corrected chi connectivity index (χ4v) is 20.5. The van der Waals surface area contributed by atoms with Crippen LogP contribution in [0.15, 0.2) is 231 Å². The standard InChI is InChI=1S/C59H60O2Si2.2ClH.Zr/c1-7-26-49(27-8-1)62(50-28-9-2-10-29-50,51-30-11-3-12-31-51)60-45-23-44-59(57-42-40-47-24-19-21-38-55(47)57,58-43-41-48-25-20-22-39-56(48)58)46-61-63(52-32-13-4-14-33-52,53-34-15-5-16-35-53)54-36-17-6-18-37-54;;;/h1-22,24-39,47-48,55-58H,23,40-46H2;2*1H;/q;;;+2/p-2. The molecule has 0 aliphatic heterocycles. The van der Waals surface area contributed by atoms with Gasteiger partial charge in [-0.25, -0.2) is 0 Å². The Balaban J connectivity index is 0.00000216. The second-order valence-corrected chi connectivity index (χ2v) is 25.2. The Morgan fingerprint density at radius 1 is 0.394 bits per heavy atom. The molecule has 0 amide bonds. The van der Waals surface area contributed by atoms with E-state index in [1.165, 1.54) is 56.8 Å². The van der Waals surface area contributed by atoms with Gasteiger partial charge in [-0.15, -0.1) is 0 Å². The van der Waals surface area contributed by atoms with Gasteiger partial charge in [0, 0.05) is 13.2 Å². The van der Waals surface area contributed by atoms with E-state index in [-0.39, 0.29) is 56.4 Å². The molecule has 10 rings (SSSR count). The SMILES string of the molecule is C1=CC2CCC(C(CCCO[Si](c3ccccc3)(c3ccccc3)c3ccccc3)(CO[Si](c3ccccc3)(c3ccccc3)c3ccccc3)C3CCC4C=CC=CC43)C2C=C1.[Cl-].[Cl-].[Zr+2]. The van der Waals surface area contributed by atoms with Crippen molar-refractivity contribution in [1.82, 2.24) is 0 Å². The molecule has 2 fully saturated rings. The fourth-order valence-electron chi connectivity index (χ4n) is 12.6. The minimum atomic E-state index is -3.02. The first-order valence-electron chi connectivity index (χ1n) is 23.5. The summed E-state index contributed by atoms with van der Waals surface area (Å²) in [7, 11) is -5.91. The Morgan fingerprint density at radius 2 is 0.697 bits per heavy atom. The number of hydrogen-bond acceptors (Lipinski definition) is 2. The van der Waals surface area contributed by atoms with E-state index in [1.807, 2.05) is 0 Å². The van der Waals surface area contributed by atoms with Crippen LogP contribution < -0.4 is 55.9 Å². The zero-order valence-corrected chi connectivity index (χ0v) is 43.6. The van der Waals surface area contributed by atoms with E-state index >= 15 is 0 Å². The van der Waals surface area contributed by atoms with Crippen LogP contribution in [0.3, 0.4) is 0 Å². The predicted octanol–water partition coefficient (Wildman–Crippen LogP) is 3.66. The molecular formula is C59H60Cl2O2Si2Zr. The second kappa shape index (κ2) is 22.9. The third-order valence-corrected chi connectivity index (χ3v) is 23.5. The molecule has 6 aromatic rings. The summed E-state index contributed by atoms with van der Waals surface area (Å²) in [4.78, 5) is 0. The molecule has 2 saturated carbocycles. The van der Waals surface area contributed by atoms with Crippen LogP contribution in [0.1, 0.15) is 38.5 Å². The van der Waals surface area contributed by atoms with Crippen molar-refractivity contribution < 1.29 is 59.9 Å². The zero-order valence-electron chi connectivity index (χ0n) is 37.6. The molecule has 0 spiro atoms. The van der Waals surface area contributed by atoms with E-state index in [0.29, 0.717) is 48.7 Å². The van der Waals surface area contributed by atoms with E-state index in [1.54, 1.807) is 0 Å². The van der Waals surface area contributed by atoms with Crippen LogP contribution in [0.25, 0.3) is 0 Å². The summed E-state index contributed by atoms with van der Waals surface area (Å²) in [5.74, 6) is 3.11. The van der Waals surface area contributed by atoms with Gasteiger partial charge in [-0.05, 0) is 111 Å². The van der Waals surface area contributed by atoms with Crippen LogP contribution >= 0.6 is 0 Å². The molecule has 6 atom stereocenters. The first kappa shape index (κ1) is 50.0. The van der Waals surface area contributed by atoms with Crippen LogP contribution in [0, 0.1) is 40.9 Å². The average Bonchev–Trinajstić information content (AvgIpc) is 4.02. The molecule has 6 aromatic carbocycles. The van der Waals surface area contributed by atoms with E-state index in [4.69, 9.17) is 8.85 Å². The Kier molecular flexibility index (Phi) is 17.4. The minimum Gasteiger partial charge on any atom is -1.00 e. The maximum atomic E-state index is 8.27. The quantitative estimate of drug-likeness (QED) is 0.0839. The molecule has 0 aromatic heterocycles. The molecule has 6 unspecified atom stereocenters. The monoisotopic (exact) mass is 1020 g/mol. The molecule has 0 bridgehead atoms. The molecule has 0 heterocycles. The molecule has 66 heavy (non-hydrogen) atoms. The Bertz CT molecular complexity index is 2290. The van der Waals surface area contributed by atoms with Crippen molar-refractivity contribution in [2.75, 3.05) is 13.2 Å². The van der Waals surface area contributed by atoms with Crippen molar-refractivity contribution in [1.29, 1.82) is 0 Å². The van der Waals surface area contributed by atoms with Crippen molar-refractivity contribution in [2.24, 2.45) is 40.9 Å². The van der Waals surface area contributed by atoms with Crippen molar-refractivity contribution in [3.05, 3.63) is 231 Å². The predicted molar refractivity (Wildman–Crippen MR) is 268 cm³/mol. The number of fused-ring (bicyclic) bond motifs is 2. The minimum absolute atomic E-state index is 0. The summed E-state index contributed by atoms with van der Waals surface area (Å²) < 4.78 is 16.0. The van der Waals surface area contributed by atoms with Gasteiger partial charge in [0.1, 0.15) is 0 Å². The maximum absolute atomic E-state index is 8.27. The van der Waals surface area contributed by atoms with Gasteiger partial charge in [0.05, 0.1) is 0 Å². The molecule has 4 aliphatic carbocycles. The molecular weight excluding hydrogens is 959 g/mol. The van der Waals surface area contributed by atoms with Crippen molar-refractivity contribution in [3.63, 3.8) is 0 Å². The van der Waals surface area contributed by atoms with Gasteiger partial charge in [-0.3, -0.25) is 0 Å². The average molecular weight is 1020 g/mol. The summed E-state index contributed by atoms with van der Waals surface area (Å²) in [6.07, 6.45) is 26.4. The van der Waals surface area contributed by atoms with Gasteiger partial charge in [0.2, 0.25) is 0 Å². The third kappa shape index (κ3) is 9.57. The second-order valence-electron chi connectivity index (χ2n) is 18.4. The Labute approximate surface area is 427 Å². The van der Waals surface area contributed by atoms with E-state index in [9.17, 15) is 0 Å². The zero-order chi connectivity index (χ0) is 42.4. The Morgan fingerprint density at radius 3 is 1.03 bits per heavy atom. The number of halogens is 2. The number of hydrogen-bond donors (Lipinski definition) is 0. The summed E-state index contributed by atoms with van der Waals surface area (Å²) >= 11 is 0. The van der Waals surface area contributed by atoms with Crippen LogP contribution in [-0.4, -0.2) is 29.8 Å². The van der Waals surface area contributed by atoms with Gasteiger partial charge in [-0.2, -0.15) is 0 Å². The van der Waals surface area contributed by atoms with Crippen molar-refractivity contribution >= 4 is 47.8 Å².